The van der Waals surface area contributed by atoms with E-state index in [0.717, 1.165) is 12.0 Å². The maximum Gasteiger partial charge on any atom is 0.0109 e. The number of nitrogens with one attached hydrogen (secondary N) is 1. The highest BCUT2D eigenvalue weighted by Gasteiger charge is 2.25. The van der Waals surface area contributed by atoms with Crippen LogP contribution in [-0.2, 0) is 0 Å². The molecule has 3 heteroatoms. The van der Waals surface area contributed by atoms with Gasteiger partial charge in [0.05, 0.1) is 0 Å². The summed E-state index contributed by atoms with van der Waals surface area (Å²) in [6.45, 7) is 9.93. The van der Waals surface area contributed by atoms with E-state index in [-0.39, 0.29) is 0 Å². The van der Waals surface area contributed by atoms with E-state index in [1.165, 1.54) is 84.2 Å². The zero-order chi connectivity index (χ0) is 14.2. The fourth-order valence-corrected chi connectivity index (χ4v) is 3.83. The van der Waals surface area contributed by atoms with Crippen molar-refractivity contribution in [3.8, 4) is 0 Å². The van der Waals surface area contributed by atoms with Gasteiger partial charge in [-0.25, -0.2) is 0 Å². The van der Waals surface area contributed by atoms with Gasteiger partial charge in [-0.05, 0) is 64.7 Å². The summed E-state index contributed by atoms with van der Waals surface area (Å²) in [5.41, 5.74) is 0. The van der Waals surface area contributed by atoms with Crippen molar-refractivity contribution < 1.29 is 0 Å². The van der Waals surface area contributed by atoms with Gasteiger partial charge >= 0.3 is 0 Å². The van der Waals surface area contributed by atoms with Crippen molar-refractivity contribution >= 4 is 0 Å². The standard InChI is InChI=1S/C17H35N3/c1-3-10-18-17-9-5-4-8-16(17)15-19(2)13-14-20-11-6-7-12-20/h16-18H,3-15H2,1-2H3. The summed E-state index contributed by atoms with van der Waals surface area (Å²) < 4.78 is 0. The first kappa shape index (κ1) is 16.3. The molecule has 2 atom stereocenters. The molecule has 0 aromatic heterocycles. The summed E-state index contributed by atoms with van der Waals surface area (Å²) in [5.74, 6) is 0.874. The molecule has 0 spiro atoms. The SMILES string of the molecule is CCCNC1CCCCC1CN(C)CCN1CCCC1. The minimum Gasteiger partial charge on any atom is -0.314 e. The third-order valence-electron chi connectivity index (χ3n) is 5.11. The first-order chi connectivity index (χ1) is 9.79. The van der Waals surface area contributed by atoms with Crippen molar-refractivity contribution in [2.24, 2.45) is 5.92 Å². The van der Waals surface area contributed by atoms with Gasteiger partial charge in [-0.2, -0.15) is 0 Å². The second kappa shape index (κ2) is 9.01. The van der Waals surface area contributed by atoms with Crippen LogP contribution in [0.4, 0.5) is 0 Å². The molecule has 2 fully saturated rings. The fourth-order valence-electron chi connectivity index (χ4n) is 3.83. The number of likely N-dealkylation sites (N-methyl/N-ethyl adjacent to an activating group) is 1. The second-order valence-electron chi connectivity index (χ2n) is 6.92. The number of rotatable bonds is 8. The Balaban J connectivity index is 1.68. The molecule has 3 nitrogen and oxygen atoms in total. The van der Waals surface area contributed by atoms with Crippen LogP contribution >= 0.6 is 0 Å². The van der Waals surface area contributed by atoms with Crippen molar-refractivity contribution in [1.82, 2.24) is 15.1 Å². The van der Waals surface area contributed by atoms with Crippen LogP contribution in [0.25, 0.3) is 0 Å². The minimum absolute atomic E-state index is 0.776. The normalized spacial score (nSPS) is 28.4. The molecule has 0 aromatic rings. The molecule has 20 heavy (non-hydrogen) atoms. The lowest BCUT2D eigenvalue weighted by molar-refractivity contribution is 0.176. The van der Waals surface area contributed by atoms with Crippen molar-refractivity contribution in [2.45, 2.75) is 57.9 Å². The summed E-state index contributed by atoms with van der Waals surface area (Å²) in [6, 6.07) is 0.776. The zero-order valence-corrected chi connectivity index (χ0v) is 13.7. The van der Waals surface area contributed by atoms with E-state index in [0.29, 0.717) is 0 Å². The lowest BCUT2D eigenvalue weighted by Gasteiger charge is -2.35. The van der Waals surface area contributed by atoms with Gasteiger partial charge in [0.1, 0.15) is 0 Å². The molecule has 1 heterocycles. The summed E-state index contributed by atoms with van der Waals surface area (Å²) in [7, 11) is 2.32. The molecule has 0 bridgehead atoms. The first-order valence-electron chi connectivity index (χ1n) is 8.94. The predicted octanol–water partition coefficient (Wildman–Crippen LogP) is 2.57. The molecule has 2 rings (SSSR count). The Labute approximate surface area is 126 Å². The van der Waals surface area contributed by atoms with Crippen LogP contribution in [-0.4, -0.2) is 62.2 Å². The third kappa shape index (κ3) is 5.34. The topological polar surface area (TPSA) is 18.5 Å². The summed E-state index contributed by atoms with van der Waals surface area (Å²) >= 11 is 0. The molecule has 1 aliphatic carbocycles. The van der Waals surface area contributed by atoms with Gasteiger partial charge in [0.2, 0.25) is 0 Å². The van der Waals surface area contributed by atoms with Crippen LogP contribution in [0.3, 0.4) is 0 Å². The second-order valence-corrected chi connectivity index (χ2v) is 6.92. The molecule has 0 amide bonds. The Kier molecular flexibility index (Phi) is 7.32. The Bertz CT molecular complexity index is 251. The van der Waals surface area contributed by atoms with Gasteiger partial charge in [0, 0.05) is 25.7 Å². The number of hydrogen-bond acceptors (Lipinski definition) is 3. The van der Waals surface area contributed by atoms with Crippen LogP contribution in [0.15, 0.2) is 0 Å². The third-order valence-corrected chi connectivity index (χ3v) is 5.11. The van der Waals surface area contributed by atoms with E-state index < -0.39 is 0 Å². The molecular formula is C17H35N3. The quantitative estimate of drug-likeness (QED) is 0.738. The predicted molar refractivity (Wildman–Crippen MR) is 87.2 cm³/mol. The van der Waals surface area contributed by atoms with Crippen LogP contribution in [0.1, 0.15) is 51.9 Å². The Morgan fingerprint density at radius 1 is 1.10 bits per heavy atom. The highest BCUT2D eigenvalue weighted by atomic mass is 15.2. The van der Waals surface area contributed by atoms with Crippen molar-refractivity contribution in [2.75, 3.05) is 46.3 Å². The summed E-state index contributed by atoms with van der Waals surface area (Å²) in [5, 5.41) is 3.79. The van der Waals surface area contributed by atoms with Crippen molar-refractivity contribution in [1.29, 1.82) is 0 Å². The average molecular weight is 281 g/mol. The van der Waals surface area contributed by atoms with E-state index in [4.69, 9.17) is 0 Å². The highest BCUT2D eigenvalue weighted by Crippen LogP contribution is 2.25. The number of likely N-dealkylation sites (tertiary alicyclic amines) is 1. The van der Waals surface area contributed by atoms with Crippen molar-refractivity contribution in [3.63, 3.8) is 0 Å². The molecule has 2 unspecified atom stereocenters. The molecule has 0 radical (unpaired) electrons. The Morgan fingerprint density at radius 3 is 2.60 bits per heavy atom. The molecule has 1 N–H and O–H groups in total. The molecule has 118 valence electrons. The van der Waals surface area contributed by atoms with Crippen molar-refractivity contribution in [3.05, 3.63) is 0 Å². The molecule has 1 saturated carbocycles. The molecule has 1 saturated heterocycles. The van der Waals surface area contributed by atoms with Crippen LogP contribution in [0.2, 0.25) is 0 Å². The lowest BCUT2D eigenvalue weighted by Crippen LogP contribution is -2.44. The summed E-state index contributed by atoms with van der Waals surface area (Å²) in [4.78, 5) is 5.21. The van der Waals surface area contributed by atoms with E-state index in [2.05, 4.69) is 29.1 Å². The summed E-state index contributed by atoms with van der Waals surface area (Å²) in [6.07, 6.45) is 9.77. The molecule has 1 aliphatic heterocycles. The van der Waals surface area contributed by atoms with Crippen LogP contribution in [0, 0.1) is 5.92 Å². The van der Waals surface area contributed by atoms with Gasteiger partial charge in [-0.3, -0.25) is 0 Å². The monoisotopic (exact) mass is 281 g/mol. The Hall–Kier alpha value is -0.120. The van der Waals surface area contributed by atoms with Gasteiger partial charge in [-0.1, -0.05) is 19.8 Å². The zero-order valence-electron chi connectivity index (χ0n) is 13.7. The van der Waals surface area contributed by atoms with Crippen LogP contribution < -0.4 is 5.32 Å². The van der Waals surface area contributed by atoms with E-state index in [1.54, 1.807) is 0 Å². The fraction of sp³-hybridized carbons (Fsp3) is 1.00. The van der Waals surface area contributed by atoms with E-state index in [1.807, 2.05) is 0 Å². The average Bonchev–Trinajstić information content (AvgIpc) is 2.97. The minimum atomic E-state index is 0.776. The smallest absolute Gasteiger partial charge is 0.0109 e. The number of nitrogens with zero attached hydrogens (tertiary/aromatic N) is 2. The Morgan fingerprint density at radius 2 is 1.85 bits per heavy atom. The first-order valence-corrected chi connectivity index (χ1v) is 8.94. The molecule has 0 aromatic carbocycles. The number of hydrogen-bond donors (Lipinski definition) is 1. The molecular weight excluding hydrogens is 246 g/mol. The van der Waals surface area contributed by atoms with Gasteiger partial charge in [-0.15, -0.1) is 0 Å². The largest absolute Gasteiger partial charge is 0.314 e. The van der Waals surface area contributed by atoms with Crippen LogP contribution in [0.5, 0.6) is 0 Å². The van der Waals surface area contributed by atoms with E-state index >= 15 is 0 Å². The molecule has 2 aliphatic rings. The maximum atomic E-state index is 3.79. The van der Waals surface area contributed by atoms with Gasteiger partial charge < -0.3 is 15.1 Å². The lowest BCUT2D eigenvalue weighted by atomic mass is 9.84. The highest BCUT2D eigenvalue weighted by molar-refractivity contribution is 4.83. The van der Waals surface area contributed by atoms with Gasteiger partial charge in [0.15, 0.2) is 0 Å². The maximum absolute atomic E-state index is 3.79. The van der Waals surface area contributed by atoms with E-state index in [9.17, 15) is 0 Å². The van der Waals surface area contributed by atoms with Gasteiger partial charge in [0.25, 0.3) is 0 Å².